The third-order valence-corrected chi connectivity index (χ3v) is 6.08. The Balaban J connectivity index is 1.69. The SMILES string of the molecule is CCOC(=O)c1ccsc1NC(=O)CSc1nc2sccc2c(=O)n1C. The van der Waals surface area contributed by atoms with Crippen LogP contribution < -0.4 is 10.9 Å². The van der Waals surface area contributed by atoms with Gasteiger partial charge in [0.25, 0.3) is 5.56 Å². The van der Waals surface area contributed by atoms with E-state index in [1.54, 1.807) is 31.5 Å². The molecule has 10 heteroatoms. The first kappa shape index (κ1) is 18.6. The van der Waals surface area contributed by atoms with Gasteiger partial charge in [0.05, 0.1) is 23.3 Å². The van der Waals surface area contributed by atoms with Crippen LogP contribution in [0.3, 0.4) is 0 Å². The van der Waals surface area contributed by atoms with Crippen molar-refractivity contribution >= 4 is 61.5 Å². The summed E-state index contributed by atoms with van der Waals surface area (Å²) >= 11 is 3.80. The van der Waals surface area contributed by atoms with Gasteiger partial charge in [0.2, 0.25) is 5.91 Å². The summed E-state index contributed by atoms with van der Waals surface area (Å²) in [6.45, 7) is 1.99. The number of nitrogens with zero attached hydrogens (tertiary/aromatic N) is 2. The molecular weight excluding hydrogens is 394 g/mol. The molecule has 7 nitrogen and oxygen atoms in total. The summed E-state index contributed by atoms with van der Waals surface area (Å²) in [5.74, 6) is -0.690. The number of fused-ring (bicyclic) bond motifs is 1. The maximum Gasteiger partial charge on any atom is 0.341 e. The highest BCUT2D eigenvalue weighted by atomic mass is 32.2. The highest BCUT2D eigenvalue weighted by Crippen LogP contribution is 2.25. The van der Waals surface area contributed by atoms with E-state index in [1.165, 1.54) is 39.0 Å². The average molecular weight is 410 g/mol. The van der Waals surface area contributed by atoms with E-state index in [0.29, 0.717) is 25.9 Å². The topological polar surface area (TPSA) is 90.3 Å². The van der Waals surface area contributed by atoms with Gasteiger partial charge in [0.1, 0.15) is 9.83 Å². The van der Waals surface area contributed by atoms with Crippen LogP contribution in [0, 0.1) is 0 Å². The molecule has 0 radical (unpaired) electrons. The van der Waals surface area contributed by atoms with Crippen molar-refractivity contribution in [1.29, 1.82) is 0 Å². The Morgan fingerprint density at radius 1 is 1.31 bits per heavy atom. The van der Waals surface area contributed by atoms with E-state index >= 15 is 0 Å². The molecule has 0 fully saturated rings. The van der Waals surface area contributed by atoms with E-state index < -0.39 is 5.97 Å². The van der Waals surface area contributed by atoms with Gasteiger partial charge in [-0.25, -0.2) is 9.78 Å². The second-order valence-corrected chi connectivity index (χ2v) is 7.87. The summed E-state index contributed by atoms with van der Waals surface area (Å²) in [6.07, 6.45) is 0. The monoisotopic (exact) mass is 409 g/mol. The lowest BCUT2D eigenvalue weighted by atomic mass is 10.3. The van der Waals surface area contributed by atoms with E-state index in [4.69, 9.17) is 4.74 Å². The Morgan fingerprint density at radius 3 is 2.85 bits per heavy atom. The Labute approximate surface area is 161 Å². The largest absolute Gasteiger partial charge is 0.462 e. The molecule has 3 aromatic heterocycles. The lowest BCUT2D eigenvalue weighted by molar-refractivity contribution is -0.113. The van der Waals surface area contributed by atoms with Crippen LogP contribution in [0.2, 0.25) is 0 Å². The second-order valence-electron chi connectivity index (χ2n) is 5.12. The van der Waals surface area contributed by atoms with Crippen molar-refractivity contribution in [2.75, 3.05) is 17.7 Å². The number of rotatable bonds is 6. The van der Waals surface area contributed by atoms with Gasteiger partial charge in [0.15, 0.2) is 5.16 Å². The fraction of sp³-hybridized carbons (Fsp3) is 0.250. The predicted molar refractivity (Wildman–Crippen MR) is 104 cm³/mol. The summed E-state index contributed by atoms with van der Waals surface area (Å²) in [5.41, 5.74) is 0.197. The number of hydrogen-bond donors (Lipinski definition) is 1. The van der Waals surface area contributed by atoms with Crippen molar-refractivity contribution in [2.24, 2.45) is 7.05 Å². The van der Waals surface area contributed by atoms with Crippen molar-refractivity contribution in [3.63, 3.8) is 0 Å². The first-order chi connectivity index (χ1) is 12.5. The molecule has 0 atom stereocenters. The lowest BCUT2D eigenvalue weighted by Crippen LogP contribution is -2.21. The number of aromatic nitrogens is 2. The van der Waals surface area contributed by atoms with Crippen LogP contribution in [-0.2, 0) is 16.6 Å². The number of carbonyl (C=O) groups excluding carboxylic acids is 2. The third kappa shape index (κ3) is 3.81. The zero-order valence-electron chi connectivity index (χ0n) is 14.0. The summed E-state index contributed by atoms with van der Waals surface area (Å²) in [6, 6.07) is 3.35. The number of anilines is 1. The Kier molecular flexibility index (Phi) is 5.74. The molecule has 0 aromatic carbocycles. The van der Waals surface area contributed by atoms with Crippen LogP contribution in [0.25, 0.3) is 10.2 Å². The molecule has 0 aliphatic rings. The minimum Gasteiger partial charge on any atom is -0.462 e. The first-order valence-corrected chi connectivity index (χ1v) is 10.4. The van der Waals surface area contributed by atoms with E-state index in [2.05, 4.69) is 10.3 Å². The molecule has 1 N–H and O–H groups in total. The third-order valence-electron chi connectivity index (χ3n) is 3.41. The predicted octanol–water partition coefficient (Wildman–Crippen LogP) is 2.96. The number of carbonyl (C=O) groups is 2. The number of thioether (sulfide) groups is 1. The number of amides is 1. The van der Waals surface area contributed by atoms with E-state index in [1.807, 2.05) is 5.38 Å². The van der Waals surface area contributed by atoms with Crippen LogP contribution in [-0.4, -0.2) is 33.8 Å². The lowest BCUT2D eigenvalue weighted by Gasteiger charge is -2.08. The first-order valence-electron chi connectivity index (χ1n) is 7.62. The van der Waals surface area contributed by atoms with Gasteiger partial charge >= 0.3 is 5.97 Å². The summed E-state index contributed by atoms with van der Waals surface area (Å²) in [7, 11) is 1.63. The molecule has 0 aliphatic carbocycles. The minimum atomic E-state index is -0.469. The van der Waals surface area contributed by atoms with Gasteiger partial charge in [-0.05, 0) is 29.8 Å². The fourth-order valence-electron chi connectivity index (χ4n) is 2.18. The van der Waals surface area contributed by atoms with Gasteiger partial charge in [-0.15, -0.1) is 22.7 Å². The standard InChI is InChI=1S/C16H15N3O4S3/c1-3-23-15(22)10-5-7-25-13(10)17-11(20)8-26-16-18-12-9(4-6-24-12)14(21)19(16)2/h4-7H,3,8H2,1-2H3,(H,17,20). The van der Waals surface area contributed by atoms with Gasteiger partial charge in [-0.1, -0.05) is 11.8 Å². The summed E-state index contributed by atoms with van der Waals surface area (Å²) in [5, 5.41) is 7.73. The molecule has 1 amide bonds. The molecule has 136 valence electrons. The zero-order chi connectivity index (χ0) is 18.7. The molecular formula is C16H15N3O4S3. The van der Waals surface area contributed by atoms with Crippen LogP contribution in [0.15, 0.2) is 32.8 Å². The van der Waals surface area contributed by atoms with Gasteiger partial charge in [-0.2, -0.15) is 0 Å². The molecule has 0 saturated carbocycles. The fourth-order valence-corrected chi connectivity index (χ4v) is 4.55. The maximum atomic E-state index is 12.3. The molecule has 0 spiro atoms. The van der Waals surface area contributed by atoms with Gasteiger partial charge < -0.3 is 10.1 Å². The minimum absolute atomic E-state index is 0.0668. The smallest absolute Gasteiger partial charge is 0.341 e. The molecule has 26 heavy (non-hydrogen) atoms. The molecule has 0 unspecified atom stereocenters. The van der Waals surface area contributed by atoms with Crippen molar-refractivity contribution in [1.82, 2.24) is 9.55 Å². The van der Waals surface area contributed by atoms with Crippen LogP contribution >= 0.6 is 34.4 Å². The summed E-state index contributed by atoms with van der Waals surface area (Å²) in [4.78, 5) is 41.4. The van der Waals surface area contributed by atoms with Crippen molar-refractivity contribution in [2.45, 2.75) is 12.1 Å². The van der Waals surface area contributed by atoms with E-state index in [9.17, 15) is 14.4 Å². The highest BCUT2D eigenvalue weighted by Gasteiger charge is 2.17. The Hall–Kier alpha value is -2.17. The maximum absolute atomic E-state index is 12.3. The molecule has 0 bridgehead atoms. The molecule has 3 rings (SSSR count). The van der Waals surface area contributed by atoms with E-state index in [-0.39, 0.29) is 23.8 Å². The Bertz CT molecular complexity index is 1020. The summed E-state index contributed by atoms with van der Waals surface area (Å²) < 4.78 is 6.40. The molecule has 3 heterocycles. The van der Waals surface area contributed by atoms with E-state index in [0.717, 1.165) is 0 Å². The van der Waals surface area contributed by atoms with Crippen LogP contribution in [0.4, 0.5) is 5.00 Å². The van der Waals surface area contributed by atoms with Gasteiger partial charge in [0, 0.05) is 7.05 Å². The average Bonchev–Trinajstić information content (AvgIpc) is 3.26. The quantitative estimate of drug-likeness (QED) is 0.382. The molecule has 0 saturated heterocycles. The zero-order valence-corrected chi connectivity index (χ0v) is 16.4. The van der Waals surface area contributed by atoms with Crippen molar-refractivity contribution < 1.29 is 14.3 Å². The number of ether oxygens (including phenoxy) is 1. The highest BCUT2D eigenvalue weighted by molar-refractivity contribution is 7.99. The number of thiophene rings is 2. The molecule has 0 aliphatic heterocycles. The second kappa shape index (κ2) is 8.02. The van der Waals surface area contributed by atoms with Gasteiger partial charge in [-0.3, -0.25) is 14.2 Å². The normalized spacial score (nSPS) is 10.8. The van der Waals surface area contributed by atoms with Crippen LogP contribution in [0.5, 0.6) is 0 Å². The number of nitrogens with one attached hydrogen (secondary N) is 1. The number of esters is 1. The van der Waals surface area contributed by atoms with Crippen molar-refractivity contribution in [3.8, 4) is 0 Å². The van der Waals surface area contributed by atoms with Crippen molar-refractivity contribution in [3.05, 3.63) is 38.8 Å². The van der Waals surface area contributed by atoms with Crippen LogP contribution in [0.1, 0.15) is 17.3 Å². The molecule has 3 aromatic rings. The Morgan fingerprint density at radius 2 is 2.08 bits per heavy atom. The number of hydrogen-bond acceptors (Lipinski definition) is 8.